The van der Waals surface area contributed by atoms with Crippen molar-refractivity contribution in [3.63, 3.8) is 0 Å². The summed E-state index contributed by atoms with van der Waals surface area (Å²) in [6.45, 7) is 2.68. The summed E-state index contributed by atoms with van der Waals surface area (Å²) >= 11 is 0. The van der Waals surface area contributed by atoms with Crippen LogP contribution in [0.15, 0.2) is 30.6 Å². The summed E-state index contributed by atoms with van der Waals surface area (Å²) in [4.78, 5) is 18.3. The van der Waals surface area contributed by atoms with Gasteiger partial charge in [0, 0.05) is 49.1 Å². The van der Waals surface area contributed by atoms with Gasteiger partial charge in [-0.1, -0.05) is 18.1 Å². The Labute approximate surface area is 258 Å². The molecule has 0 spiro atoms. The Hall–Kier alpha value is -4.81. The number of aromatic amines is 1. The molecule has 0 radical (unpaired) electrons. The van der Waals surface area contributed by atoms with Crippen molar-refractivity contribution < 1.29 is 13.5 Å². The molecule has 3 aliphatic heterocycles. The van der Waals surface area contributed by atoms with Crippen LogP contribution < -0.4 is 9.64 Å². The molecule has 0 bridgehead atoms. The Morgan fingerprint density at radius 2 is 2.02 bits per heavy atom. The Bertz CT molecular complexity index is 2040. The van der Waals surface area contributed by atoms with Crippen LogP contribution in [-0.2, 0) is 0 Å². The highest BCUT2D eigenvalue weighted by Gasteiger charge is 2.49. The number of pyridine rings is 1. The largest absolute Gasteiger partial charge is 0.461 e. The van der Waals surface area contributed by atoms with E-state index in [1.54, 1.807) is 23.0 Å². The van der Waals surface area contributed by atoms with Gasteiger partial charge in [-0.15, -0.1) is 6.42 Å². The van der Waals surface area contributed by atoms with E-state index in [0.717, 1.165) is 43.1 Å². The fourth-order valence-corrected chi connectivity index (χ4v) is 7.65. The van der Waals surface area contributed by atoms with Gasteiger partial charge in [-0.05, 0) is 44.7 Å². The van der Waals surface area contributed by atoms with Crippen molar-refractivity contribution in [2.75, 3.05) is 37.7 Å². The molecule has 4 aromatic heterocycles. The predicted molar refractivity (Wildman–Crippen MR) is 165 cm³/mol. The van der Waals surface area contributed by atoms with E-state index in [9.17, 15) is 9.65 Å². The molecule has 0 aliphatic carbocycles. The number of ether oxygens (including phenoxy) is 1. The topological polar surface area (TPSA) is 112 Å². The monoisotopic (exact) mass is 607 g/mol. The first-order chi connectivity index (χ1) is 22.0. The summed E-state index contributed by atoms with van der Waals surface area (Å²) in [5.74, 6) is 2.56. The highest BCUT2D eigenvalue weighted by molar-refractivity contribution is 6.09. The van der Waals surface area contributed by atoms with E-state index in [1.165, 1.54) is 0 Å². The zero-order chi connectivity index (χ0) is 30.7. The number of nitrogens with one attached hydrogen (secondary N) is 1. The SMILES string of the molecule is C#Cc1cccc2c3[nH]ncc3n(-c3ncc4c(N5CCCC(C#N)CC5)nc(OC[C@@]56CCCN5C[C@H](F)C6)nc4c3F)c12. The number of hydrogen-bond donors (Lipinski definition) is 1. The first kappa shape index (κ1) is 27.7. The Morgan fingerprint density at radius 1 is 1.11 bits per heavy atom. The van der Waals surface area contributed by atoms with E-state index in [0.29, 0.717) is 60.3 Å². The molecule has 0 amide bonds. The zero-order valence-electron chi connectivity index (χ0n) is 24.6. The van der Waals surface area contributed by atoms with Crippen molar-refractivity contribution >= 4 is 38.7 Å². The maximum absolute atomic E-state index is 16.9. The summed E-state index contributed by atoms with van der Waals surface area (Å²) in [5, 5.41) is 18.0. The van der Waals surface area contributed by atoms with Crippen LogP contribution in [0.5, 0.6) is 6.01 Å². The molecule has 5 aromatic rings. The molecule has 3 atom stereocenters. The number of anilines is 1. The zero-order valence-corrected chi connectivity index (χ0v) is 24.6. The lowest BCUT2D eigenvalue weighted by atomic mass is 9.95. The molecule has 1 unspecified atom stereocenters. The van der Waals surface area contributed by atoms with Crippen LogP contribution in [0.25, 0.3) is 38.7 Å². The Morgan fingerprint density at radius 3 is 2.89 bits per heavy atom. The standard InChI is InChI=1S/C33H31F2N9O/c1-2-21-7-3-8-23-27-25(17-38-41-27)44(29(21)23)31-26(35)28-24(16-37-31)30(42-11-4-6-20(15-36)9-13-42)40-32(39-28)45-19-33-10-5-12-43(33)18-22(34)14-33/h1,3,7-8,16-17,20,22H,4-6,9-14,18-19H2,(H,38,41)/t20?,22-,33+/m1/s1. The van der Waals surface area contributed by atoms with Crippen molar-refractivity contribution in [1.82, 2.24) is 34.6 Å². The molecule has 1 aromatic carbocycles. The minimum absolute atomic E-state index is 0.0271. The molecule has 7 heterocycles. The molecule has 8 rings (SSSR count). The van der Waals surface area contributed by atoms with E-state index in [-0.39, 0.29) is 29.9 Å². The second-order valence-corrected chi connectivity index (χ2v) is 12.4. The molecule has 12 heteroatoms. The van der Waals surface area contributed by atoms with Crippen LogP contribution >= 0.6 is 0 Å². The lowest BCUT2D eigenvalue weighted by Crippen LogP contribution is -2.43. The van der Waals surface area contributed by atoms with Gasteiger partial charge in [0.15, 0.2) is 11.6 Å². The first-order valence-electron chi connectivity index (χ1n) is 15.5. The maximum atomic E-state index is 16.9. The maximum Gasteiger partial charge on any atom is 0.319 e. The van der Waals surface area contributed by atoms with Crippen LogP contribution in [0.1, 0.15) is 44.1 Å². The third kappa shape index (κ3) is 4.38. The number of hydrogen-bond acceptors (Lipinski definition) is 8. The fraction of sp³-hybridized carbons (Fsp3) is 0.424. The van der Waals surface area contributed by atoms with E-state index in [4.69, 9.17) is 16.1 Å². The highest BCUT2D eigenvalue weighted by atomic mass is 19.1. The second kappa shape index (κ2) is 10.7. The van der Waals surface area contributed by atoms with Crippen LogP contribution in [-0.4, -0.2) is 79.1 Å². The smallest absolute Gasteiger partial charge is 0.319 e. The summed E-state index contributed by atoms with van der Waals surface area (Å²) in [7, 11) is 0. The van der Waals surface area contributed by atoms with Gasteiger partial charge in [-0.25, -0.2) is 13.8 Å². The molecular weight excluding hydrogens is 576 g/mol. The number of benzene rings is 1. The van der Waals surface area contributed by atoms with Crippen molar-refractivity contribution in [3.05, 3.63) is 42.0 Å². The lowest BCUT2D eigenvalue weighted by molar-refractivity contribution is 0.107. The number of alkyl halides is 1. The number of terminal acetylenes is 1. The second-order valence-electron chi connectivity index (χ2n) is 12.4. The van der Waals surface area contributed by atoms with Crippen molar-refractivity contribution in [1.29, 1.82) is 5.26 Å². The van der Waals surface area contributed by atoms with Gasteiger partial charge >= 0.3 is 6.01 Å². The van der Waals surface area contributed by atoms with Gasteiger partial charge in [-0.3, -0.25) is 14.6 Å². The van der Waals surface area contributed by atoms with Crippen molar-refractivity contribution in [2.45, 2.75) is 50.2 Å². The van der Waals surface area contributed by atoms with Gasteiger partial charge in [0.1, 0.15) is 24.1 Å². The van der Waals surface area contributed by atoms with Gasteiger partial charge < -0.3 is 9.64 Å². The van der Waals surface area contributed by atoms with E-state index >= 15 is 4.39 Å². The quantitative estimate of drug-likeness (QED) is 0.277. The van der Waals surface area contributed by atoms with Crippen LogP contribution in [0.4, 0.5) is 14.6 Å². The van der Waals surface area contributed by atoms with E-state index < -0.39 is 17.5 Å². The fourth-order valence-electron chi connectivity index (χ4n) is 7.65. The minimum Gasteiger partial charge on any atom is -0.461 e. The third-order valence-electron chi connectivity index (χ3n) is 9.82. The molecule has 0 saturated carbocycles. The number of halogens is 2. The number of nitriles is 1. The molecule has 3 saturated heterocycles. The number of rotatable bonds is 5. The summed E-state index contributed by atoms with van der Waals surface area (Å²) in [6, 6.07) is 8.00. The molecule has 228 valence electrons. The molecule has 45 heavy (non-hydrogen) atoms. The molecule has 3 fully saturated rings. The molecule has 1 N–H and O–H groups in total. The minimum atomic E-state index is -0.901. The molecule has 10 nitrogen and oxygen atoms in total. The Balaban J connectivity index is 1.28. The van der Waals surface area contributed by atoms with Crippen LogP contribution in [0.3, 0.4) is 0 Å². The van der Waals surface area contributed by atoms with Gasteiger partial charge in [0.05, 0.1) is 39.7 Å². The van der Waals surface area contributed by atoms with Gasteiger partial charge in [-0.2, -0.15) is 20.3 Å². The first-order valence-corrected chi connectivity index (χ1v) is 15.5. The lowest BCUT2D eigenvalue weighted by Gasteiger charge is -2.31. The van der Waals surface area contributed by atoms with E-state index in [2.05, 4.69) is 42.0 Å². The van der Waals surface area contributed by atoms with Gasteiger partial charge in [0.25, 0.3) is 0 Å². The van der Waals surface area contributed by atoms with Crippen LogP contribution in [0, 0.1) is 35.4 Å². The summed E-state index contributed by atoms with van der Waals surface area (Å²) in [5.41, 5.74) is 2.22. The highest BCUT2D eigenvalue weighted by Crippen LogP contribution is 2.41. The average molecular weight is 608 g/mol. The van der Waals surface area contributed by atoms with Crippen molar-refractivity contribution in [3.8, 4) is 30.2 Å². The number of fused-ring (bicyclic) bond motifs is 5. The third-order valence-corrected chi connectivity index (χ3v) is 9.82. The van der Waals surface area contributed by atoms with Crippen LogP contribution in [0.2, 0.25) is 0 Å². The predicted octanol–water partition coefficient (Wildman–Crippen LogP) is 5.05. The number of nitrogens with zero attached hydrogens (tertiary/aromatic N) is 8. The number of aromatic nitrogens is 6. The van der Waals surface area contributed by atoms with Gasteiger partial charge in [0.2, 0.25) is 0 Å². The molecular formula is C33H31F2N9O. The summed E-state index contributed by atoms with van der Waals surface area (Å²) < 4.78 is 39.3. The number of H-pyrrole nitrogens is 1. The average Bonchev–Trinajstić information content (AvgIpc) is 3.77. The Kier molecular flexibility index (Phi) is 6.57. The number of para-hydroxylation sites is 1. The van der Waals surface area contributed by atoms with E-state index in [1.807, 2.05) is 12.1 Å². The van der Waals surface area contributed by atoms with Crippen molar-refractivity contribution in [2.24, 2.45) is 5.92 Å². The molecule has 3 aliphatic rings. The normalized spacial score (nSPS) is 23.8. The summed E-state index contributed by atoms with van der Waals surface area (Å²) in [6.07, 6.45) is 12.7.